The van der Waals surface area contributed by atoms with Crippen LogP contribution in [-0.2, 0) is 4.74 Å². The van der Waals surface area contributed by atoms with Crippen LogP contribution in [0.5, 0.6) is 0 Å². The molecule has 21 heavy (non-hydrogen) atoms. The molecule has 1 nitrogen and oxygen atoms in total. The molecule has 0 aliphatic heterocycles. The summed E-state index contributed by atoms with van der Waals surface area (Å²) < 4.78 is 5.91. The van der Waals surface area contributed by atoms with Gasteiger partial charge in [0.25, 0.3) is 0 Å². The Morgan fingerprint density at radius 2 is 1.33 bits per heavy atom. The summed E-state index contributed by atoms with van der Waals surface area (Å²) in [6.45, 7) is 4.87. The van der Waals surface area contributed by atoms with E-state index in [1.54, 1.807) is 0 Å². The summed E-state index contributed by atoms with van der Waals surface area (Å²) in [6, 6.07) is 0. The highest BCUT2D eigenvalue weighted by Gasteiger charge is 2.13. The third kappa shape index (κ3) is 12.2. The number of hydrogen-bond acceptors (Lipinski definition) is 1. The van der Waals surface area contributed by atoms with Crippen LogP contribution in [0, 0.1) is 13.3 Å². The van der Waals surface area contributed by atoms with E-state index >= 15 is 0 Å². The lowest BCUT2D eigenvalue weighted by molar-refractivity contribution is 0.0549. The minimum atomic E-state index is 0.474. The van der Waals surface area contributed by atoms with Crippen molar-refractivity contribution >= 4 is 0 Å². The van der Waals surface area contributed by atoms with Gasteiger partial charge in [-0.15, -0.1) is 0 Å². The molecule has 0 bridgehead atoms. The zero-order valence-corrected chi connectivity index (χ0v) is 14.3. The van der Waals surface area contributed by atoms with Crippen molar-refractivity contribution in [3.8, 4) is 0 Å². The van der Waals surface area contributed by atoms with Gasteiger partial charge in [0.05, 0.1) is 6.10 Å². The highest BCUT2D eigenvalue weighted by molar-refractivity contribution is 4.81. The largest absolute Gasteiger partial charge is 0.378 e. The molecule has 1 aliphatic carbocycles. The Labute approximate surface area is 134 Å². The van der Waals surface area contributed by atoms with Crippen LogP contribution in [0.25, 0.3) is 0 Å². The van der Waals surface area contributed by atoms with Crippen molar-refractivity contribution in [1.82, 2.24) is 0 Å². The first kappa shape index (κ1) is 19.0. The average Bonchev–Trinajstić information content (AvgIpc) is 2.53. The lowest BCUT2D eigenvalue weighted by Gasteiger charge is -2.21. The van der Waals surface area contributed by atoms with Crippen LogP contribution >= 0.6 is 0 Å². The normalized spacial score (nSPS) is 16.4. The van der Waals surface area contributed by atoms with E-state index in [0.29, 0.717) is 6.10 Å². The topological polar surface area (TPSA) is 9.23 Å². The first-order chi connectivity index (χ1) is 10.4. The smallest absolute Gasteiger partial charge is 0.0606 e. The first-order valence-corrected chi connectivity index (χ1v) is 9.67. The molecule has 0 N–H and O–H groups in total. The van der Waals surface area contributed by atoms with E-state index in [1.807, 2.05) is 0 Å². The maximum absolute atomic E-state index is 5.91. The lowest BCUT2D eigenvalue weighted by atomic mass is 9.98. The van der Waals surface area contributed by atoms with E-state index in [0.717, 1.165) is 13.0 Å². The summed E-state index contributed by atoms with van der Waals surface area (Å²) in [5.41, 5.74) is 0. The van der Waals surface area contributed by atoms with Crippen molar-refractivity contribution in [3.63, 3.8) is 0 Å². The van der Waals surface area contributed by atoms with Crippen molar-refractivity contribution in [1.29, 1.82) is 0 Å². The Hall–Kier alpha value is -0.0400. The average molecular weight is 295 g/mol. The van der Waals surface area contributed by atoms with Crippen LogP contribution < -0.4 is 0 Å². The fourth-order valence-electron chi connectivity index (χ4n) is 3.17. The van der Waals surface area contributed by atoms with Gasteiger partial charge in [-0.3, -0.25) is 0 Å². The molecule has 1 fully saturated rings. The van der Waals surface area contributed by atoms with E-state index < -0.39 is 0 Å². The minimum absolute atomic E-state index is 0.474. The number of unbranched alkanes of at least 4 members (excludes halogenated alkanes) is 11. The second-order valence-electron chi connectivity index (χ2n) is 6.67. The summed E-state index contributed by atoms with van der Waals surface area (Å²) in [5.74, 6) is 0. The molecule has 0 aromatic carbocycles. The van der Waals surface area contributed by atoms with Crippen LogP contribution in [-0.4, -0.2) is 12.7 Å². The van der Waals surface area contributed by atoms with Crippen molar-refractivity contribution < 1.29 is 4.74 Å². The third-order valence-corrected chi connectivity index (χ3v) is 4.60. The molecule has 2 radical (unpaired) electrons. The molecule has 0 spiro atoms. The van der Waals surface area contributed by atoms with E-state index in [-0.39, 0.29) is 0 Å². The summed E-state index contributed by atoms with van der Waals surface area (Å²) in [6.07, 6.45) is 24.5. The molecule has 0 heterocycles. The fourth-order valence-corrected chi connectivity index (χ4v) is 3.17. The maximum atomic E-state index is 5.91. The van der Waals surface area contributed by atoms with E-state index in [9.17, 15) is 0 Å². The van der Waals surface area contributed by atoms with Gasteiger partial charge in [0.2, 0.25) is 0 Å². The predicted molar refractivity (Wildman–Crippen MR) is 93.3 cm³/mol. The molecule has 0 aromatic heterocycles. The molecule has 0 saturated heterocycles. The predicted octanol–water partition coefficient (Wildman–Crippen LogP) is 6.67. The SMILES string of the molecule is [CH2]CCCCCCCCCCCCCO[C@H]1[CH]CCCC1. The van der Waals surface area contributed by atoms with Gasteiger partial charge >= 0.3 is 0 Å². The van der Waals surface area contributed by atoms with E-state index in [4.69, 9.17) is 4.74 Å². The highest BCUT2D eigenvalue weighted by Crippen LogP contribution is 2.19. The monoisotopic (exact) mass is 294 g/mol. The van der Waals surface area contributed by atoms with Crippen LogP contribution in [0.1, 0.15) is 103 Å². The van der Waals surface area contributed by atoms with Gasteiger partial charge in [-0.1, -0.05) is 90.4 Å². The molecule has 0 aromatic rings. The quantitative estimate of drug-likeness (QED) is 0.325. The van der Waals surface area contributed by atoms with Crippen LogP contribution in [0.4, 0.5) is 0 Å². The van der Waals surface area contributed by atoms with Gasteiger partial charge in [-0.2, -0.15) is 0 Å². The Morgan fingerprint density at radius 3 is 1.86 bits per heavy atom. The van der Waals surface area contributed by atoms with Crippen LogP contribution in [0.15, 0.2) is 0 Å². The van der Waals surface area contributed by atoms with Gasteiger partial charge in [-0.25, -0.2) is 0 Å². The molecule has 1 atom stereocenters. The Balaban J connectivity index is 1.69. The molecular weight excluding hydrogens is 256 g/mol. The van der Waals surface area contributed by atoms with E-state index in [1.165, 1.54) is 96.3 Å². The van der Waals surface area contributed by atoms with Crippen molar-refractivity contribution in [3.05, 3.63) is 13.3 Å². The summed E-state index contributed by atoms with van der Waals surface area (Å²) >= 11 is 0. The fraction of sp³-hybridized carbons (Fsp3) is 0.900. The zero-order chi connectivity index (χ0) is 15.0. The molecule has 1 heteroatoms. The third-order valence-electron chi connectivity index (χ3n) is 4.60. The maximum Gasteiger partial charge on any atom is 0.0606 e. The molecule has 0 unspecified atom stereocenters. The Kier molecular flexibility index (Phi) is 13.5. The number of rotatable bonds is 14. The van der Waals surface area contributed by atoms with Gasteiger partial charge in [0.1, 0.15) is 0 Å². The van der Waals surface area contributed by atoms with Crippen molar-refractivity contribution in [2.24, 2.45) is 0 Å². The standard InChI is InChI=1S/C20H38O/c1-2-3-4-5-6-7-8-9-10-11-12-16-19-21-20-17-14-13-15-18-20/h17,20H,1-16,18-19H2/t20-/m0/s1. The highest BCUT2D eigenvalue weighted by atomic mass is 16.5. The second-order valence-corrected chi connectivity index (χ2v) is 6.67. The lowest BCUT2D eigenvalue weighted by Crippen LogP contribution is -2.17. The van der Waals surface area contributed by atoms with Gasteiger partial charge in [0.15, 0.2) is 0 Å². The summed E-state index contributed by atoms with van der Waals surface area (Å²) in [5, 5.41) is 0. The van der Waals surface area contributed by atoms with Crippen molar-refractivity contribution in [2.45, 2.75) is 109 Å². The minimum Gasteiger partial charge on any atom is -0.378 e. The summed E-state index contributed by atoms with van der Waals surface area (Å²) in [4.78, 5) is 0. The van der Waals surface area contributed by atoms with Crippen LogP contribution in [0.3, 0.4) is 0 Å². The molecule has 1 rings (SSSR count). The van der Waals surface area contributed by atoms with Crippen molar-refractivity contribution in [2.75, 3.05) is 6.61 Å². The van der Waals surface area contributed by atoms with E-state index in [2.05, 4.69) is 13.3 Å². The van der Waals surface area contributed by atoms with Gasteiger partial charge < -0.3 is 4.74 Å². The summed E-state index contributed by atoms with van der Waals surface area (Å²) in [7, 11) is 0. The molecule has 1 saturated carbocycles. The number of ether oxygens (including phenoxy) is 1. The Morgan fingerprint density at radius 1 is 0.762 bits per heavy atom. The molecular formula is C20H38O. The first-order valence-electron chi connectivity index (χ1n) is 9.67. The second kappa shape index (κ2) is 14.9. The molecule has 0 amide bonds. The zero-order valence-electron chi connectivity index (χ0n) is 14.3. The van der Waals surface area contributed by atoms with Gasteiger partial charge in [-0.05, 0) is 25.7 Å². The van der Waals surface area contributed by atoms with Gasteiger partial charge in [0, 0.05) is 6.61 Å². The molecule has 1 aliphatic rings. The number of hydrogen-bond donors (Lipinski definition) is 0. The Bertz CT molecular complexity index is 196. The van der Waals surface area contributed by atoms with Crippen LogP contribution in [0.2, 0.25) is 0 Å². The molecule has 124 valence electrons.